The van der Waals surface area contributed by atoms with Crippen LogP contribution < -0.4 is 0 Å². The van der Waals surface area contributed by atoms with Crippen LogP contribution in [-0.4, -0.2) is 20.6 Å². The Hall–Kier alpha value is -2.62. The van der Waals surface area contributed by atoms with Crippen molar-refractivity contribution in [2.75, 3.05) is 0 Å². The Morgan fingerprint density at radius 2 is 1.69 bits per heavy atom. The number of rotatable bonds is 2. The average molecular weight is 348 g/mol. The molecular weight excluding hydrogens is 324 g/mol. The molecule has 1 N–H and O–H groups in total. The van der Waals surface area contributed by atoms with Crippen molar-refractivity contribution in [3.63, 3.8) is 0 Å². The van der Waals surface area contributed by atoms with Crippen LogP contribution in [0.4, 0.5) is 0 Å². The molecule has 134 valence electrons. The van der Waals surface area contributed by atoms with Crippen molar-refractivity contribution >= 4 is 16.9 Å². The molecule has 3 aromatic rings. The first-order valence-electron chi connectivity index (χ1n) is 9.05. The summed E-state index contributed by atoms with van der Waals surface area (Å²) in [6, 6.07) is 10.1. The molecule has 26 heavy (non-hydrogen) atoms. The third-order valence-corrected chi connectivity index (χ3v) is 5.90. The van der Waals surface area contributed by atoms with Crippen LogP contribution in [0.3, 0.4) is 0 Å². The summed E-state index contributed by atoms with van der Waals surface area (Å²) in [5.74, 6) is -0.225. The van der Waals surface area contributed by atoms with Crippen LogP contribution in [0.5, 0.6) is 0 Å². The smallest absolute Gasteiger partial charge is 0.337 e. The highest BCUT2D eigenvalue weighted by Crippen LogP contribution is 2.47. The first-order valence-corrected chi connectivity index (χ1v) is 9.05. The molecule has 1 aliphatic rings. The van der Waals surface area contributed by atoms with Gasteiger partial charge in [0.2, 0.25) is 0 Å². The van der Waals surface area contributed by atoms with Crippen LogP contribution in [0.2, 0.25) is 0 Å². The summed E-state index contributed by atoms with van der Waals surface area (Å²) in [7, 11) is 0. The van der Waals surface area contributed by atoms with E-state index in [4.69, 9.17) is 5.11 Å². The van der Waals surface area contributed by atoms with E-state index in [1.54, 1.807) is 12.1 Å². The normalized spacial score (nSPS) is 17.8. The Kier molecular flexibility index (Phi) is 3.52. The van der Waals surface area contributed by atoms with E-state index in [9.17, 15) is 4.79 Å². The molecule has 1 aliphatic carbocycles. The molecule has 4 rings (SSSR count). The minimum Gasteiger partial charge on any atom is -0.478 e. The zero-order chi connectivity index (χ0) is 18.7. The third-order valence-electron chi connectivity index (χ3n) is 5.90. The second-order valence-electron chi connectivity index (χ2n) is 8.62. The molecule has 1 aromatic carbocycles. The van der Waals surface area contributed by atoms with Crippen molar-refractivity contribution in [2.45, 2.75) is 51.4 Å². The number of aromatic carboxylic acids is 1. The third kappa shape index (κ3) is 2.52. The second-order valence-corrected chi connectivity index (χ2v) is 8.62. The van der Waals surface area contributed by atoms with E-state index in [2.05, 4.69) is 50.9 Å². The van der Waals surface area contributed by atoms with Gasteiger partial charge >= 0.3 is 5.97 Å². The van der Waals surface area contributed by atoms with Gasteiger partial charge in [-0.1, -0.05) is 27.7 Å². The van der Waals surface area contributed by atoms with Gasteiger partial charge in [0.15, 0.2) is 0 Å². The van der Waals surface area contributed by atoms with Crippen molar-refractivity contribution in [1.82, 2.24) is 9.55 Å². The maximum Gasteiger partial charge on any atom is 0.337 e. The standard InChI is InChI=1S/C22H24N2O2/c1-21(2)8-9-22(3,4)17-12-18-14(11-16(17)21)7-10-24(18)19-6-5-15(13-23-19)20(25)26/h5-7,10-13H,8-9H2,1-4H3,(H,25,26). The van der Waals surface area contributed by atoms with Crippen LogP contribution in [0.1, 0.15) is 62.0 Å². The molecule has 0 fully saturated rings. The minimum absolute atomic E-state index is 0.148. The van der Waals surface area contributed by atoms with Gasteiger partial charge in [-0.25, -0.2) is 9.78 Å². The first-order chi connectivity index (χ1) is 12.2. The summed E-state index contributed by atoms with van der Waals surface area (Å²) in [5, 5.41) is 10.3. The van der Waals surface area contributed by atoms with Crippen LogP contribution in [0.25, 0.3) is 16.7 Å². The van der Waals surface area contributed by atoms with Crippen molar-refractivity contribution in [1.29, 1.82) is 0 Å². The van der Waals surface area contributed by atoms with Crippen molar-refractivity contribution in [3.05, 3.63) is 59.4 Å². The maximum absolute atomic E-state index is 11.1. The number of carbonyl (C=O) groups is 1. The zero-order valence-electron chi connectivity index (χ0n) is 15.7. The molecule has 2 aromatic heterocycles. The lowest BCUT2D eigenvalue weighted by atomic mass is 9.63. The van der Waals surface area contributed by atoms with Gasteiger partial charge in [-0.2, -0.15) is 0 Å². The zero-order valence-corrected chi connectivity index (χ0v) is 15.7. The predicted octanol–water partition coefficient (Wildman–Crippen LogP) is 5.07. The van der Waals surface area contributed by atoms with E-state index in [0.717, 1.165) is 11.3 Å². The van der Waals surface area contributed by atoms with E-state index < -0.39 is 5.97 Å². The van der Waals surface area contributed by atoms with Crippen molar-refractivity contribution in [3.8, 4) is 5.82 Å². The van der Waals surface area contributed by atoms with Gasteiger partial charge in [-0.05, 0) is 65.1 Å². The van der Waals surface area contributed by atoms with E-state index >= 15 is 0 Å². The Labute approximate surface area is 153 Å². The number of hydrogen-bond acceptors (Lipinski definition) is 2. The molecule has 0 spiro atoms. The highest BCUT2D eigenvalue weighted by atomic mass is 16.4. The van der Waals surface area contributed by atoms with Crippen LogP contribution in [0, 0.1) is 0 Å². The number of nitrogens with zero attached hydrogens (tertiary/aromatic N) is 2. The highest BCUT2D eigenvalue weighted by Gasteiger charge is 2.37. The molecule has 4 heteroatoms. The topological polar surface area (TPSA) is 55.1 Å². The first kappa shape index (κ1) is 16.8. The predicted molar refractivity (Wildman–Crippen MR) is 103 cm³/mol. The molecule has 2 heterocycles. The van der Waals surface area contributed by atoms with Gasteiger partial charge in [0.25, 0.3) is 0 Å². The number of benzene rings is 1. The van der Waals surface area contributed by atoms with Gasteiger partial charge < -0.3 is 9.67 Å². The Morgan fingerprint density at radius 3 is 2.27 bits per heavy atom. The molecule has 0 bridgehead atoms. The monoisotopic (exact) mass is 348 g/mol. The van der Waals surface area contributed by atoms with Crippen LogP contribution in [-0.2, 0) is 10.8 Å². The molecule has 0 saturated heterocycles. The van der Waals surface area contributed by atoms with Gasteiger partial charge in [0, 0.05) is 17.8 Å². The maximum atomic E-state index is 11.1. The fraction of sp³-hybridized carbons (Fsp3) is 0.364. The summed E-state index contributed by atoms with van der Waals surface area (Å²) in [4.78, 5) is 15.4. The summed E-state index contributed by atoms with van der Waals surface area (Å²) >= 11 is 0. The molecule has 0 radical (unpaired) electrons. The summed E-state index contributed by atoms with van der Waals surface area (Å²) in [6.45, 7) is 9.30. The summed E-state index contributed by atoms with van der Waals surface area (Å²) in [5.41, 5.74) is 4.49. The molecule has 0 amide bonds. The van der Waals surface area contributed by atoms with Gasteiger partial charge in [0.1, 0.15) is 5.82 Å². The number of aromatic nitrogens is 2. The lowest BCUT2D eigenvalue weighted by Gasteiger charge is -2.42. The van der Waals surface area contributed by atoms with Crippen molar-refractivity contribution in [2.24, 2.45) is 0 Å². The molecule has 4 nitrogen and oxygen atoms in total. The molecule has 0 saturated carbocycles. The van der Waals surface area contributed by atoms with Crippen LogP contribution in [0.15, 0.2) is 42.7 Å². The number of fused-ring (bicyclic) bond motifs is 2. The molecule has 0 unspecified atom stereocenters. The van der Waals surface area contributed by atoms with Gasteiger partial charge in [-0.15, -0.1) is 0 Å². The number of carboxylic acid groups (broad SMARTS) is 1. The Balaban J connectivity index is 1.90. The van der Waals surface area contributed by atoms with Crippen LogP contribution >= 0.6 is 0 Å². The Bertz CT molecular complexity index is 1010. The number of pyridine rings is 1. The van der Waals surface area contributed by atoms with Gasteiger partial charge in [0.05, 0.1) is 11.1 Å². The van der Waals surface area contributed by atoms with E-state index in [0.29, 0.717) is 0 Å². The molecule has 0 atom stereocenters. The van der Waals surface area contributed by atoms with E-state index in [1.165, 1.54) is 35.6 Å². The minimum atomic E-state index is -0.959. The van der Waals surface area contributed by atoms with E-state index in [-0.39, 0.29) is 16.4 Å². The van der Waals surface area contributed by atoms with Gasteiger partial charge in [-0.3, -0.25) is 0 Å². The van der Waals surface area contributed by atoms with E-state index in [1.807, 2.05) is 10.8 Å². The quantitative estimate of drug-likeness (QED) is 0.703. The molecular formula is C22H24N2O2. The SMILES string of the molecule is CC1(C)CCC(C)(C)c2cc3c(ccn3-c3ccc(C(=O)O)cn3)cc21. The molecule has 0 aliphatic heterocycles. The summed E-state index contributed by atoms with van der Waals surface area (Å²) in [6.07, 6.45) is 5.79. The average Bonchev–Trinajstić information content (AvgIpc) is 3.01. The second kappa shape index (κ2) is 5.44. The lowest BCUT2D eigenvalue weighted by molar-refractivity contribution is 0.0696. The fourth-order valence-corrected chi connectivity index (χ4v) is 4.05. The largest absolute Gasteiger partial charge is 0.478 e. The Morgan fingerprint density at radius 1 is 1.04 bits per heavy atom. The summed E-state index contributed by atoms with van der Waals surface area (Å²) < 4.78 is 2.04. The van der Waals surface area contributed by atoms with Crippen molar-refractivity contribution < 1.29 is 9.90 Å². The highest BCUT2D eigenvalue weighted by molar-refractivity contribution is 5.87. The fourth-order valence-electron chi connectivity index (χ4n) is 4.05. The number of hydrogen-bond donors (Lipinski definition) is 1. The number of carboxylic acids is 1. The lowest BCUT2D eigenvalue weighted by Crippen LogP contribution is -2.33.